The predicted molar refractivity (Wildman–Crippen MR) is 93.5 cm³/mol. The third-order valence-electron chi connectivity index (χ3n) is 5.62. The van der Waals surface area contributed by atoms with Crippen molar-refractivity contribution in [2.75, 3.05) is 6.54 Å². The van der Waals surface area contributed by atoms with Gasteiger partial charge in [-0.25, -0.2) is 4.79 Å². The number of likely N-dealkylation sites (tertiary alicyclic amines) is 1. The first-order valence-electron chi connectivity index (χ1n) is 8.94. The van der Waals surface area contributed by atoms with Gasteiger partial charge in [0.05, 0.1) is 12.6 Å². The van der Waals surface area contributed by atoms with Gasteiger partial charge in [0.25, 0.3) is 0 Å². The average molecular weight is 328 g/mol. The molecule has 0 spiro atoms. The van der Waals surface area contributed by atoms with Crippen molar-refractivity contribution in [1.82, 2.24) is 0 Å². The van der Waals surface area contributed by atoms with E-state index in [0.717, 1.165) is 42.5 Å². The number of hydrogen-bond acceptors (Lipinski definition) is 3. The lowest BCUT2D eigenvalue weighted by molar-refractivity contribution is -0.871. The van der Waals surface area contributed by atoms with Crippen molar-refractivity contribution >= 4 is 23.2 Å². The van der Waals surface area contributed by atoms with E-state index >= 15 is 0 Å². The SMILES string of the molecule is CCC(C(=O)CCc1cc2ccccc2o1)[N+]1(C=O)CCC[C@H]1C. The number of carbonyl (C=O) groups excluding carboxylic acids is 2. The third kappa shape index (κ3) is 2.91. The molecule has 0 bridgehead atoms. The smallest absolute Gasteiger partial charge is 0.302 e. The van der Waals surface area contributed by atoms with Crippen LogP contribution in [0.2, 0.25) is 0 Å². The van der Waals surface area contributed by atoms with E-state index in [4.69, 9.17) is 4.42 Å². The van der Waals surface area contributed by atoms with Gasteiger partial charge in [-0.2, -0.15) is 0 Å². The Morgan fingerprint density at radius 1 is 1.42 bits per heavy atom. The van der Waals surface area contributed by atoms with E-state index in [1.165, 1.54) is 0 Å². The van der Waals surface area contributed by atoms with Crippen LogP contribution < -0.4 is 0 Å². The maximum Gasteiger partial charge on any atom is 0.302 e. The van der Waals surface area contributed by atoms with Crippen LogP contribution in [0, 0.1) is 0 Å². The molecule has 1 aromatic carbocycles. The molecule has 1 fully saturated rings. The number of quaternary nitrogens is 1. The van der Waals surface area contributed by atoms with Gasteiger partial charge in [0, 0.05) is 37.5 Å². The highest BCUT2D eigenvalue weighted by atomic mass is 16.3. The average Bonchev–Trinajstić information content (AvgIpc) is 3.17. The number of aryl methyl sites for hydroxylation is 1. The van der Waals surface area contributed by atoms with Crippen molar-refractivity contribution in [3.8, 4) is 0 Å². The zero-order valence-corrected chi connectivity index (χ0v) is 14.5. The maximum atomic E-state index is 12.8. The van der Waals surface area contributed by atoms with Crippen LogP contribution in [0.25, 0.3) is 11.0 Å². The van der Waals surface area contributed by atoms with Crippen LogP contribution in [-0.4, -0.2) is 35.3 Å². The second-order valence-corrected chi connectivity index (χ2v) is 6.96. The third-order valence-corrected chi connectivity index (χ3v) is 5.62. The summed E-state index contributed by atoms with van der Waals surface area (Å²) in [7, 11) is 0. The van der Waals surface area contributed by atoms with Gasteiger partial charge in [-0.15, -0.1) is 0 Å². The Balaban J connectivity index is 1.71. The van der Waals surface area contributed by atoms with Crippen LogP contribution in [-0.2, 0) is 16.0 Å². The fourth-order valence-corrected chi connectivity index (χ4v) is 4.22. The molecule has 4 heteroatoms. The van der Waals surface area contributed by atoms with Crippen molar-refractivity contribution < 1.29 is 18.5 Å². The fraction of sp³-hybridized carbons (Fsp3) is 0.500. The van der Waals surface area contributed by atoms with Gasteiger partial charge in [-0.1, -0.05) is 25.1 Å². The molecule has 1 amide bonds. The number of rotatable bonds is 7. The number of fused-ring (bicyclic) bond motifs is 1. The molecule has 1 saturated heterocycles. The highest BCUT2D eigenvalue weighted by molar-refractivity contribution is 5.84. The lowest BCUT2D eigenvalue weighted by Gasteiger charge is -2.38. The number of carbonyl (C=O) groups is 2. The molecule has 1 aliphatic rings. The zero-order chi connectivity index (χ0) is 17.2. The Kier molecular flexibility index (Phi) is 4.86. The Hall–Kier alpha value is -1.94. The topological polar surface area (TPSA) is 47.3 Å². The molecule has 24 heavy (non-hydrogen) atoms. The summed E-state index contributed by atoms with van der Waals surface area (Å²) in [6, 6.07) is 9.90. The standard InChI is InChI=1S/C20H26NO3/c1-3-18(21(14-22)12-6-7-15(21)2)19(23)11-10-17-13-16-8-4-5-9-20(16)24-17/h4-5,8-9,13-15,18H,3,6-7,10-12H2,1-2H3/q+1/t15-,18?,21?/m1/s1. The van der Waals surface area contributed by atoms with E-state index in [1.54, 1.807) is 0 Å². The largest absolute Gasteiger partial charge is 0.461 e. The van der Waals surface area contributed by atoms with Crippen LogP contribution >= 0.6 is 0 Å². The Labute approximate surface area is 143 Å². The summed E-state index contributed by atoms with van der Waals surface area (Å²) < 4.78 is 6.12. The lowest BCUT2D eigenvalue weighted by Crippen LogP contribution is -2.59. The Bertz CT molecular complexity index is 702. The van der Waals surface area contributed by atoms with Crippen LogP contribution in [0.1, 0.15) is 45.3 Å². The minimum Gasteiger partial charge on any atom is -0.461 e. The summed E-state index contributed by atoms with van der Waals surface area (Å²) in [4.78, 5) is 24.7. The molecule has 4 nitrogen and oxygen atoms in total. The lowest BCUT2D eigenvalue weighted by atomic mass is 9.99. The molecule has 2 unspecified atom stereocenters. The predicted octanol–water partition coefficient (Wildman–Crippen LogP) is 3.87. The highest BCUT2D eigenvalue weighted by Gasteiger charge is 2.47. The summed E-state index contributed by atoms with van der Waals surface area (Å²) in [6.45, 7) is 4.90. The molecule has 3 rings (SSSR count). The second-order valence-electron chi connectivity index (χ2n) is 6.96. The first-order valence-corrected chi connectivity index (χ1v) is 8.94. The van der Waals surface area contributed by atoms with Gasteiger partial charge in [0.2, 0.25) is 0 Å². The monoisotopic (exact) mass is 328 g/mol. The highest BCUT2D eigenvalue weighted by Crippen LogP contribution is 2.31. The molecule has 0 saturated carbocycles. The molecule has 3 atom stereocenters. The van der Waals surface area contributed by atoms with E-state index in [-0.39, 0.29) is 17.9 Å². The van der Waals surface area contributed by atoms with E-state index in [9.17, 15) is 9.59 Å². The second kappa shape index (κ2) is 6.89. The number of benzene rings is 1. The summed E-state index contributed by atoms with van der Waals surface area (Å²) in [6.07, 6.45) is 4.79. The van der Waals surface area contributed by atoms with Crippen molar-refractivity contribution in [3.63, 3.8) is 0 Å². The molecule has 0 N–H and O–H groups in total. The van der Waals surface area contributed by atoms with Gasteiger partial charge < -0.3 is 4.42 Å². The molecular weight excluding hydrogens is 302 g/mol. The van der Waals surface area contributed by atoms with Crippen LogP contribution in [0.3, 0.4) is 0 Å². The van der Waals surface area contributed by atoms with Gasteiger partial charge in [-0.3, -0.25) is 9.28 Å². The number of Topliss-reactive ketones (excluding diaryl/α,β-unsaturated/α-hetero) is 1. The molecule has 128 valence electrons. The van der Waals surface area contributed by atoms with Crippen molar-refractivity contribution in [3.05, 3.63) is 36.1 Å². The van der Waals surface area contributed by atoms with Crippen LogP contribution in [0.5, 0.6) is 0 Å². The molecule has 2 aromatic rings. The summed E-state index contributed by atoms with van der Waals surface area (Å²) in [5.74, 6) is 1.02. The molecular formula is C20H26NO3+. The molecule has 1 aromatic heterocycles. The summed E-state index contributed by atoms with van der Waals surface area (Å²) in [5, 5.41) is 1.07. The minimum atomic E-state index is -0.218. The van der Waals surface area contributed by atoms with E-state index in [1.807, 2.05) is 37.3 Å². The fourth-order valence-electron chi connectivity index (χ4n) is 4.22. The number of furan rings is 1. The van der Waals surface area contributed by atoms with Crippen LogP contribution in [0.4, 0.5) is 0 Å². The van der Waals surface area contributed by atoms with Crippen molar-refractivity contribution in [1.29, 1.82) is 0 Å². The normalized spacial score (nSPS) is 25.0. The van der Waals surface area contributed by atoms with Gasteiger partial charge in [0.1, 0.15) is 11.3 Å². The first kappa shape index (κ1) is 16.9. The first-order chi connectivity index (χ1) is 11.6. The minimum absolute atomic E-state index is 0.179. The number of nitrogens with zero attached hydrogens (tertiary/aromatic N) is 1. The Morgan fingerprint density at radius 2 is 2.21 bits per heavy atom. The molecule has 1 aliphatic heterocycles. The number of amides is 1. The summed E-state index contributed by atoms with van der Waals surface area (Å²) >= 11 is 0. The van der Waals surface area contributed by atoms with Crippen molar-refractivity contribution in [2.45, 2.75) is 58.0 Å². The molecule has 2 heterocycles. The van der Waals surface area contributed by atoms with Crippen LogP contribution in [0.15, 0.2) is 34.7 Å². The van der Waals surface area contributed by atoms with E-state index < -0.39 is 0 Å². The van der Waals surface area contributed by atoms with Gasteiger partial charge in [-0.05, 0) is 19.1 Å². The van der Waals surface area contributed by atoms with Gasteiger partial charge >= 0.3 is 6.41 Å². The summed E-state index contributed by atoms with van der Waals surface area (Å²) in [5.41, 5.74) is 0.858. The Morgan fingerprint density at radius 3 is 2.83 bits per heavy atom. The van der Waals surface area contributed by atoms with E-state index in [0.29, 0.717) is 23.7 Å². The molecule has 0 radical (unpaired) electrons. The maximum absolute atomic E-state index is 12.8. The van der Waals surface area contributed by atoms with Crippen molar-refractivity contribution in [2.24, 2.45) is 0 Å². The van der Waals surface area contributed by atoms with Gasteiger partial charge in [0.15, 0.2) is 11.8 Å². The quantitative estimate of drug-likeness (QED) is 0.572. The number of ketones is 1. The number of hydrogen-bond donors (Lipinski definition) is 0. The number of para-hydroxylation sites is 1. The zero-order valence-electron chi connectivity index (χ0n) is 14.5. The molecule has 0 aliphatic carbocycles. The van der Waals surface area contributed by atoms with E-state index in [2.05, 4.69) is 6.92 Å².